The van der Waals surface area contributed by atoms with Gasteiger partial charge in [0, 0.05) is 64.8 Å². The van der Waals surface area contributed by atoms with E-state index in [9.17, 15) is 13.2 Å². The standard InChI is InChI=1S/C21H29F3N6/c1-25-20(26-13-17-15-29(3)27-19(17)21(22,23)24)28(2)14-16-7-9-18(10-8-16)30-11-5-4-6-12-30/h7-10,15H,4-6,11-14H2,1-3H3,(H,25,26). The molecule has 0 bridgehead atoms. The van der Waals surface area contributed by atoms with Crippen LogP contribution in [0.1, 0.15) is 36.1 Å². The lowest BCUT2D eigenvalue weighted by Gasteiger charge is -2.29. The molecule has 1 saturated heterocycles. The molecule has 0 amide bonds. The summed E-state index contributed by atoms with van der Waals surface area (Å²) in [6.07, 6.45) is 0.667. The summed E-state index contributed by atoms with van der Waals surface area (Å²) < 4.78 is 40.6. The maximum atomic E-state index is 13.1. The Kier molecular flexibility index (Phi) is 6.89. The molecule has 1 N–H and O–H groups in total. The van der Waals surface area contributed by atoms with Crippen molar-refractivity contribution in [2.75, 3.05) is 32.1 Å². The van der Waals surface area contributed by atoms with Gasteiger partial charge < -0.3 is 15.1 Å². The lowest BCUT2D eigenvalue weighted by atomic mass is 10.1. The van der Waals surface area contributed by atoms with E-state index in [-0.39, 0.29) is 12.1 Å². The van der Waals surface area contributed by atoms with Crippen molar-refractivity contribution < 1.29 is 13.2 Å². The highest BCUT2D eigenvalue weighted by Gasteiger charge is 2.36. The van der Waals surface area contributed by atoms with E-state index in [0.29, 0.717) is 12.5 Å². The number of hydrogen-bond acceptors (Lipinski definition) is 3. The first-order chi connectivity index (χ1) is 14.3. The number of benzene rings is 1. The number of aliphatic imine (C=N–C) groups is 1. The smallest absolute Gasteiger partial charge is 0.372 e. The van der Waals surface area contributed by atoms with Gasteiger partial charge in [0.1, 0.15) is 0 Å². The maximum absolute atomic E-state index is 13.1. The lowest BCUT2D eigenvalue weighted by molar-refractivity contribution is -0.142. The van der Waals surface area contributed by atoms with E-state index in [1.807, 2.05) is 11.9 Å². The number of aromatic nitrogens is 2. The second-order valence-corrected chi connectivity index (χ2v) is 7.65. The fourth-order valence-electron chi connectivity index (χ4n) is 3.78. The molecule has 0 spiro atoms. The van der Waals surface area contributed by atoms with Gasteiger partial charge in [-0.2, -0.15) is 18.3 Å². The van der Waals surface area contributed by atoms with Crippen LogP contribution in [0.25, 0.3) is 0 Å². The summed E-state index contributed by atoms with van der Waals surface area (Å²) in [5.74, 6) is 0.520. The Bertz CT molecular complexity index is 851. The topological polar surface area (TPSA) is 48.7 Å². The predicted molar refractivity (Wildman–Crippen MR) is 112 cm³/mol. The van der Waals surface area contributed by atoms with Crippen molar-refractivity contribution >= 4 is 11.6 Å². The minimum atomic E-state index is -4.48. The van der Waals surface area contributed by atoms with Crippen LogP contribution in [0.2, 0.25) is 0 Å². The van der Waals surface area contributed by atoms with Gasteiger partial charge in [0.05, 0.1) is 0 Å². The van der Waals surface area contributed by atoms with Gasteiger partial charge in [0.15, 0.2) is 11.7 Å². The van der Waals surface area contributed by atoms with Crippen molar-refractivity contribution in [3.05, 3.63) is 47.3 Å². The van der Waals surface area contributed by atoms with Gasteiger partial charge in [0.25, 0.3) is 0 Å². The Morgan fingerprint density at radius 1 is 1.17 bits per heavy atom. The van der Waals surface area contributed by atoms with Crippen LogP contribution >= 0.6 is 0 Å². The molecule has 1 fully saturated rings. The number of rotatable bonds is 5. The van der Waals surface area contributed by atoms with Crippen molar-refractivity contribution in [2.24, 2.45) is 12.0 Å². The molecule has 0 saturated carbocycles. The molecular formula is C21H29F3N6. The van der Waals surface area contributed by atoms with E-state index >= 15 is 0 Å². The summed E-state index contributed by atoms with van der Waals surface area (Å²) in [6.45, 7) is 2.79. The quantitative estimate of drug-likeness (QED) is 0.591. The van der Waals surface area contributed by atoms with Crippen molar-refractivity contribution in [2.45, 2.75) is 38.5 Å². The summed E-state index contributed by atoms with van der Waals surface area (Å²) in [6, 6.07) is 8.46. The third kappa shape index (κ3) is 5.46. The first kappa shape index (κ1) is 22.0. The number of nitrogens with one attached hydrogen (secondary N) is 1. The average molecular weight is 422 g/mol. The first-order valence-corrected chi connectivity index (χ1v) is 10.1. The van der Waals surface area contributed by atoms with Crippen LogP contribution in [0, 0.1) is 0 Å². The third-order valence-corrected chi connectivity index (χ3v) is 5.26. The minimum absolute atomic E-state index is 0.00635. The van der Waals surface area contributed by atoms with Gasteiger partial charge in [0.2, 0.25) is 0 Å². The molecule has 2 aromatic rings. The van der Waals surface area contributed by atoms with Crippen molar-refractivity contribution in [1.82, 2.24) is 20.0 Å². The zero-order valence-corrected chi connectivity index (χ0v) is 17.7. The molecule has 1 aliphatic heterocycles. The number of anilines is 1. The van der Waals surface area contributed by atoms with Gasteiger partial charge in [-0.25, -0.2) is 0 Å². The van der Waals surface area contributed by atoms with Crippen molar-refractivity contribution in [3.63, 3.8) is 0 Å². The Hall–Kier alpha value is -2.71. The van der Waals surface area contributed by atoms with Gasteiger partial charge in [-0.15, -0.1) is 0 Å². The number of aryl methyl sites for hydroxylation is 1. The van der Waals surface area contributed by atoms with Crippen LogP contribution in [0.5, 0.6) is 0 Å². The second kappa shape index (κ2) is 9.40. The number of alkyl halides is 3. The van der Waals surface area contributed by atoms with Crippen molar-refractivity contribution in [1.29, 1.82) is 0 Å². The maximum Gasteiger partial charge on any atom is 0.435 e. The SMILES string of the molecule is CN=C(NCc1cn(C)nc1C(F)(F)F)N(C)Cc1ccc(N2CCCCC2)cc1. The van der Waals surface area contributed by atoms with E-state index < -0.39 is 11.9 Å². The zero-order chi connectivity index (χ0) is 21.7. The molecule has 6 nitrogen and oxygen atoms in total. The van der Waals surface area contributed by atoms with Crippen molar-refractivity contribution in [3.8, 4) is 0 Å². The van der Waals surface area contributed by atoms with Gasteiger partial charge >= 0.3 is 6.18 Å². The van der Waals surface area contributed by atoms with Crippen LogP contribution in [0.15, 0.2) is 35.5 Å². The summed E-state index contributed by atoms with van der Waals surface area (Å²) in [5.41, 5.74) is 1.56. The second-order valence-electron chi connectivity index (χ2n) is 7.65. The number of piperidine rings is 1. The largest absolute Gasteiger partial charge is 0.435 e. The summed E-state index contributed by atoms with van der Waals surface area (Å²) >= 11 is 0. The molecule has 9 heteroatoms. The molecule has 30 heavy (non-hydrogen) atoms. The molecule has 0 atom stereocenters. The lowest BCUT2D eigenvalue weighted by Crippen LogP contribution is -2.38. The van der Waals surface area contributed by atoms with E-state index in [0.717, 1.165) is 18.7 Å². The molecular weight excluding hydrogens is 393 g/mol. The zero-order valence-electron chi connectivity index (χ0n) is 17.7. The highest BCUT2D eigenvalue weighted by atomic mass is 19.4. The molecule has 1 aliphatic rings. The molecule has 0 aliphatic carbocycles. The summed E-state index contributed by atoms with van der Waals surface area (Å²) in [7, 11) is 4.96. The molecule has 3 rings (SSSR count). The number of halogens is 3. The van der Waals surface area contributed by atoms with Gasteiger partial charge in [-0.3, -0.25) is 9.67 Å². The summed E-state index contributed by atoms with van der Waals surface area (Å²) in [4.78, 5) is 8.50. The van der Waals surface area contributed by atoms with Crippen LogP contribution in [0.4, 0.5) is 18.9 Å². The Morgan fingerprint density at radius 3 is 2.43 bits per heavy atom. The van der Waals surface area contributed by atoms with Crippen LogP contribution in [-0.2, 0) is 26.3 Å². The summed E-state index contributed by atoms with van der Waals surface area (Å²) in [5, 5.41) is 6.55. The van der Waals surface area contributed by atoms with Crippen LogP contribution in [-0.4, -0.2) is 47.8 Å². The highest BCUT2D eigenvalue weighted by Crippen LogP contribution is 2.30. The molecule has 1 aromatic heterocycles. The first-order valence-electron chi connectivity index (χ1n) is 10.1. The van der Waals surface area contributed by atoms with E-state index in [2.05, 4.69) is 44.6 Å². The molecule has 2 heterocycles. The fourth-order valence-corrected chi connectivity index (χ4v) is 3.78. The highest BCUT2D eigenvalue weighted by molar-refractivity contribution is 5.79. The molecule has 1 aromatic carbocycles. The molecule has 0 radical (unpaired) electrons. The Labute approximate surface area is 175 Å². The minimum Gasteiger partial charge on any atom is -0.372 e. The molecule has 0 unspecified atom stereocenters. The van der Waals surface area contributed by atoms with Gasteiger partial charge in [-0.1, -0.05) is 12.1 Å². The number of nitrogens with zero attached hydrogens (tertiary/aromatic N) is 5. The average Bonchev–Trinajstić information content (AvgIpc) is 3.11. The Morgan fingerprint density at radius 2 is 1.83 bits per heavy atom. The number of guanidine groups is 1. The van der Waals surface area contributed by atoms with Crippen LogP contribution in [0.3, 0.4) is 0 Å². The normalized spacial score (nSPS) is 15.4. The number of hydrogen-bond donors (Lipinski definition) is 1. The van der Waals surface area contributed by atoms with E-state index in [1.165, 1.54) is 42.9 Å². The third-order valence-electron chi connectivity index (χ3n) is 5.26. The van der Waals surface area contributed by atoms with E-state index in [4.69, 9.17) is 0 Å². The van der Waals surface area contributed by atoms with E-state index in [1.54, 1.807) is 7.05 Å². The Balaban J connectivity index is 1.59. The predicted octanol–water partition coefficient (Wildman–Crippen LogP) is 3.64. The monoisotopic (exact) mass is 422 g/mol. The van der Waals surface area contributed by atoms with Gasteiger partial charge in [-0.05, 0) is 37.0 Å². The molecule has 164 valence electrons. The van der Waals surface area contributed by atoms with Crippen LogP contribution < -0.4 is 10.2 Å². The fraction of sp³-hybridized carbons (Fsp3) is 0.524.